The number of aromatic nitrogens is 1. The Bertz CT molecular complexity index is 819. The van der Waals surface area contributed by atoms with Crippen molar-refractivity contribution in [1.29, 1.82) is 5.26 Å². The molecule has 118 valence electrons. The molecule has 6 heteroatoms. The summed E-state index contributed by atoms with van der Waals surface area (Å²) >= 11 is 3.43. The van der Waals surface area contributed by atoms with E-state index in [2.05, 4.69) is 31.4 Å². The van der Waals surface area contributed by atoms with E-state index in [1.165, 1.54) is 0 Å². The van der Waals surface area contributed by atoms with E-state index in [4.69, 9.17) is 0 Å². The molecule has 0 bridgehead atoms. The molecule has 0 spiro atoms. The van der Waals surface area contributed by atoms with Crippen LogP contribution in [0.25, 0.3) is 0 Å². The SMILES string of the molecule is CC(C)(C)S(=O)N=C(c1cccc(Br)c1)c1cnccc1C#N. The van der Waals surface area contributed by atoms with E-state index in [1.807, 2.05) is 45.0 Å². The Morgan fingerprint density at radius 3 is 2.70 bits per heavy atom. The Balaban J connectivity index is 2.69. The van der Waals surface area contributed by atoms with Gasteiger partial charge in [0.25, 0.3) is 0 Å². The van der Waals surface area contributed by atoms with Crippen molar-refractivity contribution in [1.82, 2.24) is 4.98 Å². The molecule has 1 aromatic carbocycles. The molecule has 0 amide bonds. The number of hydrogen-bond donors (Lipinski definition) is 0. The maximum atomic E-state index is 12.5. The summed E-state index contributed by atoms with van der Waals surface area (Å²) < 4.78 is 17.3. The highest BCUT2D eigenvalue weighted by atomic mass is 79.9. The first-order valence-electron chi connectivity index (χ1n) is 6.94. The molecule has 1 unspecified atom stereocenters. The van der Waals surface area contributed by atoms with Gasteiger partial charge in [-0.3, -0.25) is 4.98 Å². The summed E-state index contributed by atoms with van der Waals surface area (Å²) in [5, 5.41) is 9.34. The predicted molar refractivity (Wildman–Crippen MR) is 96.6 cm³/mol. The lowest BCUT2D eigenvalue weighted by atomic mass is 10.0. The standard InChI is InChI=1S/C17H16BrN3OS/c1-17(2,3)23(22)21-16(12-5-4-6-14(18)9-12)15-11-20-8-7-13(15)10-19/h4-9,11H,1-3H3. The molecular weight excluding hydrogens is 374 g/mol. The molecule has 0 aliphatic heterocycles. The molecule has 2 aromatic rings. The van der Waals surface area contributed by atoms with Gasteiger partial charge in [-0.1, -0.05) is 28.1 Å². The quantitative estimate of drug-likeness (QED) is 0.744. The minimum absolute atomic E-state index is 0.449. The fourth-order valence-corrected chi connectivity index (χ4v) is 2.84. The van der Waals surface area contributed by atoms with Gasteiger partial charge >= 0.3 is 0 Å². The molecular formula is C17H16BrN3OS. The highest BCUT2D eigenvalue weighted by Gasteiger charge is 2.22. The van der Waals surface area contributed by atoms with Gasteiger partial charge in [0.1, 0.15) is 11.0 Å². The van der Waals surface area contributed by atoms with E-state index >= 15 is 0 Å². The first-order chi connectivity index (χ1) is 10.8. The lowest BCUT2D eigenvalue weighted by Crippen LogP contribution is -2.21. The van der Waals surface area contributed by atoms with Crippen LogP contribution >= 0.6 is 15.9 Å². The highest BCUT2D eigenvalue weighted by molar-refractivity contribution is 9.10. The van der Waals surface area contributed by atoms with Crippen LogP contribution in [0.4, 0.5) is 0 Å². The molecule has 0 aliphatic rings. The summed E-state index contributed by atoms with van der Waals surface area (Å²) in [4.78, 5) is 4.09. The number of nitrogens with zero attached hydrogens (tertiary/aromatic N) is 3. The van der Waals surface area contributed by atoms with Gasteiger partial charge < -0.3 is 0 Å². The van der Waals surface area contributed by atoms with Gasteiger partial charge in [0.2, 0.25) is 0 Å². The van der Waals surface area contributed by atoms with Gasteiger partial charge in [-0.05, 0) is 39.0 Å². The minimum Gasteiger partial charge on any atom is -0.264 e. The molecule has 0 N–H and O–H groups in total. The topological polar surface area (TPSA) is 66.1 Å². The maximum absolute atomic E-state index is 12.5. The van der Waals surface area contributed by atoms with Crippen molar-refractivity contribution in [3.63, 3.8) is 0 Å². The second kappa shape index (κ2) is 7.16. The van der Waals surface area contributed by atoms with E-state index in [-0.39, 0.29) is 0 Å². The molecule has 0 saturated heterocycles. The predicted octanol–water partition coefficient (Wildman–Crippen LogP) is 4.02. The molecule has 0 saturated carbocycles. The van der Waals surface area contributed by atoms with Crippen molar-refractivity contribution in [3.05, 3.63) is 63.9 Å². The molecule has 1 atom stereocenters. The maximum Gasteiger partial charge on any atom is 0.145 e. The third kappa shape index (κ3) is 4.34. The van der Waals surface area contributed by atoms with E-state index in [9.17, 15) is 9.47 Å². The number of hydrogen-bond acceptors (Lipinski definition) is 3. The van der Waals surface area contributed by atoms with E-state index in [0.717, 1.165) is 10.0 Å². The Labute approximate surface area is 147 Å². The Hall–Kier alpha value is -1.84. The van der Waals surface area contributed by atoms with Crippen LogP contribution < -0.4 is 0 Å². The number of pyridine rings is 1. The lowest BCUT2D eigenvalue weighted by molar-refractivity contribution is 0.650. The van der Waals surface area contributed by atoms with Gasteiger partial charge in [0.05, 0.1) is 22.1 Å². The fourth-order valence-electron chi connectivity index (χ4n) is 1.79. The second-order valence-electron chi connectivity index (χ2n) is 5.84. The molecule has 4 nitrogen and oxygen atoms in total. The third-order valence-corrected chi connectivity index (χ3v) is 4.88. The zero-order valence-corrected chi connectivity index (χ0v) is 15.5. The Morgan fingerprint density at radius 2 is 2.09 bits per heavy atom. The van der Waals surface area contributed by atoms with Crippen LogP contribution in [0.1, 0.15) is 37.5 Å². The van der Waals surface area contributed by atoms with E-state index in [0.29, 0.717) is 16.8 Å². The van der Waals surface area contributed by atoms with Crippen LogP contribution in [0, 0.1) is 11.3 Å². The fraction of sp³-hybridized carbons (Fsp3) is 0.235. The van der Waals surface area contributed by atoms with Crippen molar-refractivity contribution >= 4 is 32.6 Å². The van der Waals surface area contributed by atoms with Crippen LogP contribution in [0.2, 0.25) is 0 Å². The summed E-state index contributed by atoms with van der Waals surface area (Å²) in [7, 11) is -1.45. The first kappa shape index (κ1) is 17.5. The van der Waals surface area contributed by atoms with Crippen molar-refractivity contribution in [2.75, 3.05) is 0 Å². The number of benzene rings is 1. The monoisotopic (exact) mass is 389 g/mol. The van der Waals surface area contributed by atoms with E-state index < -0.39 is 15.7 Å². The molecule has 1 aromatic heterocycles. The van der Waals surface area contributed by atoms with E-state index in [1.54, 1.807) is 18.5 Å². The molecule has 0 radical (unpaired) electrons. The first-order valence-corrected chi connectivity index (χ1v) is 8.84. The van der Waals surface area contributed by atoms with Gasteiger partial charge in [-0.2, -0.15) is 9.66 Å². The van der Waals surface area contributed by atoms with Crippen LogP contribution in [-0.4, -0.2) is 19.7 Å². The minimum atomic E-state index is -1.45. The summed E-state index contributed by atoms with van der Waals surface area (Å²) in [5.41, 5.74) is 2.31. The van der Waals surface area contributed by atoms with Gasteiger partial charge in [-0.15, -0.1) is 0 Å². The van der Waals surface area contributed by atoms with Crippen LogP contribution in [0.3, 0.4) is 0 Å². The normalized spacial score (nSPS) is 13.4. The molecule has 2 rings (SSSR count). The van der Waals surface area contributed by atoms with Gasteiger partial charge in [0.15, 0.2) is 0 Å². The summed E-state index contributed by atoms with van der Waals surface area (Å²) in [6.07, 6.45) is 3.14. The Kier molecular flexibility index (Phi) is 5.45. The van der Waals surface area contributed by atoms with Gasteiger partial charge in [0, 0.05) is 28.0 Å². The van der Waals surface area contributed by atoms with Crippen molar-refractivity contribution in [2.24, 2.45) is 4.40 Å². The Morgan fingerprint density at radius 1 is 1.35 bits per heavy atom. The van der Waals surface area contributed by atoms with Crippen LogP contribution in [0.5, 0.6) is 0 Å². The lowest BCUT2D eigenvalue weighted by Gasteiger charge is -2.16. The zero-order valence-electron chi connectivity index (χ0n) is 13.1. The number of nitriles is 1. The largest absolute Gasteiger partial charge is 0.264 e. The third-order valence-electron chi connectivity index (χ3n) is 2.99. The number of rotatable bonds is 3. The molecule has 0 fully saturated rings. The molecule has 23 heavy (non-hydrogen) atoms. The molecule has 0 aliphatic carbocycles. The van der Waals surface area contributed by atoms with Crippen LogP contribution in [0.15, 0.2) is 51.6 Å². The van der Waals surface area contributed by atoms with Crippen molar-refractivity contribution in [3.8, 4) is 6.07 Å². The average molecular weight is 390 g/mol. The summed E-state index contributed by atoms with van der Waals surface area (Å²) in [6.45, 7) is 5.58. The second-order valence-corrected chi connectivity index (χ2v) is 8.67. The van der Waals surface area contributed by atoms with Crippen molar-refractivity contribution < 1.29 is 4.21 Å². The van der Waals surface area contributed by atoms with Crippen LogP contribution in [-0.2, 0) is 11.0 Å². The van der Waals surface area contributed by atoms with Crippen molar-refractivity contribution in [2.45, 2.75) is 25.5 Å². The molecule has 1 heterocycles. The van der Waals surface area contributed by atoms with Gasteiger partial charge in [-0.25, -0.2) is 4.21 Å². The summed E-state index contributed by atoms with van der Waals surface area (Å²) in [5.74, 6) is 0. The zero-order chi connectivity index (χ0) is 17.0. The summed E-state index contributed by atoms with van der Waals surface area (Å²) in [6, 6.07) is 11.3. The smallest absolute Gasteiger partial charge is 0.145 e. The average Bonchev–Trinajstić information content (AvgIpc) is 2.51. The number of halogens is 1. The highest BCUT2D eigenvalue weighted by Crippen LogP contribution is 2.21.